The minimum absolute atomic E-state index is 0.0164. The Morgan fingerprint density at radius 2 is 1.80 bits per heavy atom. The SMILES string of the molecule is COc1cc(C(=O)c2c(-c3ccc(OCCN4CCC[C@H]4C(C)=O)cc3)sc3cc(C)ccc23)ccc1CN1CCOCC1. The lowest BCUT2D eigenvalue weighted by Crippen LogP contribution is -2.37. The lowest BCUT2D eigenvalue weighted by Gasteiger charge is -2.27. The average Bonchev–Trinajstić information content (AvgIpc) is 3.66. The number of fused-ring (bicyclic) bond motifs is 1. The summed E-state index contributed by atoms with van der Waals surface area (Å²) in [6.45, 7) is 9.95. The van der Waals surface area contributed by atoms with Crippen molar-refractivity contribution in [2.24, 2.45) is 0 Å². The zero-order chi connectivity index (χ0) is 30.6. The van der Waals surface area contributed by atoms with Gasteiger partial charge in [0.25, 0.3) is 0 Å². The molecule has 4 aromatic rings. The molecule has 3 heterocycles. The maximum atomic E-state index is 14.2. The second-order valence-electron chi connectivity index (χ2n) is 11.7. The Labute approximate surface area is 263 Å². The van der Waals surface area contributed by atoms with Gasteiger partial charge in [0.05, 0.1) is 26.4 Å². The zero-order valence-corrected chi connectivity index (χ0v) is 26.6. The third-order valence-corrected chi connectivity index (χ3v) is 9.92. The molecule has 0 radical (unpaired) electrons. The van der Waals surface area contributed by atoms with E-state index < -0.39 is 0 Å². The lowest BCUT2D eigenvalue weighted by atomic mass is 9.96. The van der Waals surface area contributed by atoms with Gasteiger partial charge < -0.3 is 14.2 Å². The Hall–Kier alpha value is -3.56. The van der Waals surface area contributed by atoms with Gasteiger partial charge >= 0.3 is 0 Å². The fraction of sp³-hybridized carbons (Fsp3) is 0.389. The van der Waals surface area contributed by atoms with Gasteiger partial charge in [0.1, 0.15) is 23.9 Å². The molecule has 2 aliphatic heterocycles. The summed E-state index contributed by atoms with van der Waals surface area (Å²) in [5.41, 5.74) is 4.53. The number of nitrogens with zero attached hydrogens (tertiary/aromatic N) is 2. The molecule has 0 saturated carbocycles. The van der Waals surface area contributed by atoms with E-state index in [-0.39, 0.29) is 17.6 Å². The zero-order valence-electron chi connectivity index (χ0n) is 25.8. The fourth-order valence-corrected chi connectivity index (χ4v) is 7.63. The average molecular weight is 613 g/mol. The number of hydrogen-bond donors (Lipinski definition) is 0. The van der Waals surface area contributed by atoms with Gasteiger partial charge in [0.2, 0.25) is 0 Å². The van der Waals surface area contributed by atoms with E-state index in [1.807, 2.05) is 42.5 Å². The Morgan fingerprint density at radius 1 is 1.00 bits per heavy atom. The van der Waals surface area contributed by atoms with Gasteiger partial charge in [0.15, 0.2) is 5.78 Å². The molecule has 2 saturated heterocycles. The van der Waals surface area contributed by atoms with Crippen LogP contribution in [0.5, 0.6) is 11.5 Å². The van der Waals surface area contributed by atoms with Crippen molar-refractivity contribution in [2.75, 3.05) is 53.1 Å². The van der Waals surface area contributed by atoms with Crippen LogP contribution in [0.4, 0.5) is 0 Å². The molecule has 0 amide bonds. The van der Waals surface area contributed by atoms with Crippen LogP contribution in [0.1, 0.15) is 46.8 Å². The van der Waals surface area contributed by atoms with Gasteiger partial charge in [-0.05, 0) is 80.8 Å². The number of rotatable bonds is 11. The van der Waals surface area contributed by atoms with E-state index in [1.54, 1.807) is 25.4 Å². The maximum Gasteiger partial charge on any atom is 0.195 e. The largest absolute Gasteiger partial charge is 0.496 e. The molecule has 3 aromatic carbocycles. The van der Waals surface area contributed by atoms with Crippen molar-refractivity contribution in [1.29, 1.82) is 0 Å². The van der Waals surface area contributed by atoms with Crippen molar-refractivity contribution < 1.29 is 23.8 Å². The first-order valence-corrected chi connectivity index (χ1v) is 16.3. The molecule has 0 aliphatic carbocycles. The first-order chi connectivity index (χ1) is 21.4. The minimum atomic E-state index is -0.0164. The normalized spacial score (nSPS) is 17.7. The number of likely N-dealkylation sites (tertiary alicyclic amines) is 1. The van der Waals surface area contributed by atoms with Crippen molar-refractivity contribution in [3.63, 3.8) is 0 Å². The third kappa shape index (κ3) is 6.59. The predicted molar refractivity (Wildman–Crippen MR) is 175 cm³/mol. The molecule has 2 aliphatic rings. The van der Waals surface area contributed by atoms with Crippen LogP contribution in [0.25, 0.3) is 20.5 Å². The van der Waals surface area contributed by atoms with Crippen molar-refractivity contribution in [1.82, 2.24) is 9.80 Å². The number of Topliss-reactive ketones (excluding diaryl/α,β-unsaturated/α-hetero) is 1. The molecule has 230 valence electrons. The van der Waals surface area contributed by atoms with Crippen LogP contribution in [0.2, 0.25) is 0 Å². The number of aryl methyl sites for hydroxylation is 1. The van der Waals surface area contributed by atoms with Crippen LogP contribution < -0.4 is 9.47 Å². The van der Waals surface area contributed by atoms with Crippen molar-refractivity contribution in [2.45, 2.75) is 39.3 Å². The van der Waals surface area contributed by atoms with Crippen LogP contribution in [-0.2, 0) is 16.1 Å². The molecule has 6 rings (SSSR count). The molecule has 2 fully saturated rings. The number of carbonyl (C=O) groups excluding carboxylic acids is 2. The second-order valence-corrected chi connectivity index (χ2v) is 12.8. The summed E-state index contributed by atoms with van der Waals surface area (Å²) in [6, 6.07) is 20.1. The fourth-order valence-electron chi connectivity index (χ4n) is 6.33. The second kappa shape index (κ2) is 13.6. The van der Waals surface area contributed by atoms with Crippen molar-refractivity contribution >= 4 is 33.0 Å². The van der Waals surface area contributed by atoms with E-state index in [9.17, 15) is 9.59 Å². The molecule has 8 heteroatoms. The number of thiophene rings is 1. The topological polar surface area (TPSA) is 68.3 Å². The Balaban J connectivity index is 1.24. The van der Waals surface area contributed by atoms with E-state index in [2.05, 4.69) is 34.9 Å². The van der Waals surface area contributed by atoms with E-state index in [1.165, 1.54) is 0 Å². The minimum Gasteiger partial charge on any atom is -0.496 e. The highest BCUT2D eigenvalue weighted by Crippen LogP contribution is 2.41. The van der Waals surface area contributed by atoms with Gasteiger partial charge in [-0.25, -0.2) is 0 Å². The van der Waals surface area contributed by atoms with E-state index in [4.69, 9.17) is 14.2 Å². The standard InChI is InChI=1S/C36H40N2O5S/c1-24-6-13-30-33(21-24)44-36(26-9-11-29(12-10-26)43-20-17-38-14-4-5-31(38)25(2)39)34(30)35(40)27-7-8-28(32(22-27)41-3)23-37-15-18-42-19-16-37/h6-13,21-22,31H,4-5,14-20,23H2,1-3H3/t31-/m0/s1. The highest BCUT2D eigenvalue weighted by atomic mass is 32.1. The van der Waals surface area contributed by atoms with Gasteiger partial charge in [-0.15, -0.1) is 11.3 Å². The van der Waals surface area contributed by atoms with Gasteiger partial charge in [0, 0.05) is 57.8 Å². The van der Waals surface area contributed by atoms with Crippen LogP contribution in [0.3, 0.4) is 0 Å². The number of benzene rings is 3. The molecule has 0 spiro atoms. The number of methoxy groups -OCH3 is 1. The van der Waals surface area contributed by atoms with Gasteiger partial charge in [-0.1, -0.05) is 24.3 Å². The molecule has 7 nitrogen and oxygen atoms in total. The van der Waals surface area contributed by atoms with E-state index in [0.29, 0.717) is 17.7 Å². The highest BCUT2D eigenvalue weighted by molar-refractivity contribution is 7.22. The molecular formula is C36H40N2O5S. The van der Waals surface area contributed by atoms with Gasteiger partial charge in [-0.2, -0.15) is 0 Å². The number of hydrogen-bond acceptors (Lipinski definition) is 8. The van der Waals surface area contributed by atoms with Crippen molar-refractivity contribution in [3.8, 4) is 21.9 Å². The number of carbonyl (C=O) groups is 2. The molecular weight excluding hydrogens is 572 g/mol. The van der Waals surface area contributed by atoms with Gasteiger partial charge in [-0.3, -0.25) is 19.4 Å². The Bertz CT molecular complexity index is 1640. The predicted octanol–water partition coefficient (Wildman–Crippen LogP) is 6.38. The molecule has 1 atom stereocenters. The summed E-state index contributed by atoms with van der Waals surface area (Å²) in [7, 11) is 1.66. The first kappa shape index (κ1) is 30.5. The third-order valence-electron chi connectivity index (χ3n) is 8.72. The van der Waals surface area contributed by atoms with Crippen LogP contribution >= 0.6 is 11.3 Å². The van der Waals surface area contributed by atoms with Crippen LogP contribution in [0.15, 0.2) is 60.7 Å². The van der Waals surface area contributed by atoms with Crippen molar-refractivity contribution in [3.05, 3.63) is 82.9 Å². The molecule has 0 unspecified atom stereocenters. The number of ether oxygens (including phenoxy) is 3. The summed E-state index contributed by atoms with van der Waals surface area (Å²) in [4.78, 5) is 31.7. The highest BCUT2D eigenvalue weighted by Gasteiger charge is 2.28. The van der Waals surface area contributed by atoms with Crippen LogP contribution in [-0.4, -0.2) is 80.5 Å². The Kier molecular flexibility index (Phi) is 9.42. The smallest absolute Gasteiger partial charge is 0.195 e. The number of ketones is 2. The molecule has 1 aromatic heterocycles. The summed E-state index contributed by atoms with van der Waals surface area (Å²) in [6.07, 6.45) is 1.99. The van der Waals surface area contributed by atoms with Crippen LogP contribution in [0, 0.1) is 6.92 Å². The Morgan fingerprint density at radius 3 is 2.55 bits per heavy atom. The summed E-state index contributed by atoms with van der Waals surface area (Å²) >= 11 is 1.64. The molecule has 44 heavy (non-hydrogen) atoms. The molecule has 0 N–H and O–H groups in total. The monoisotopic (exact) mass is 612 g/mol. The first-order valence-electron chi connectivity index (χ1n) is 15.4. The van der Waals surface area contributed by atoms with E-state index in [0.717, 1.165) is 102 Å². The van der Waals surface area contributed by atoms with E-state index >= 15 is 0 Å². The number of morpholine rings is 1. The molecule has 0 bridgehead atoms. The summed E-state index contributed by atoms with van der Waals surface area (Å²) < 4.78 is 18.4. The lowest BCUT2D eigenvalue weighted by molar-refractivity contribution is -0.121. The summed E-state index contributed by atoms with van der Waals surface area (Å²) in [5, 5.41) is 0.961. The quantitative estimate of drug-likeness (QED) is 0.182. The summed E-state index contributed by atoms with van der Waals surface area (Å²) in [5.74, 6) is 1.72. The maximum absolute atomic E-state index is 14.2.